The molecule has 4 rings (SSSR count). The Morgan fingerprint density at radius 1 is 0.966 bits per heavy atom. The molecule has 1 heterocycles. The molecule has 144 valence electrons. The first kappa shape index (κ1) is 18.7. The first-order valence-corrected chi connectivity index (χ1v) is 9.36. The molecule has 0 aromatic heterocycles. The van der Waals surface area contributed by atoms with E-state index in [9.17, 15) is 9.18 Å². The van der Waals surface area contributed by atoms with Crippen LogP contribution in [0.2, 0.25) is 0 Å². The van der Waals surface area contributed by atoms with Gasteiger partial charge < -0.3 is 10.1 Å². The number of carbonyl (C=O) groups is 1. The quantitative estimate of drug-likeness (QED) is 0.631. The van der Waals surface area contributed by atoms with Crippen molar-refractivity contribution in [2.24, 2.45) is 0 Å². The number of nitrogens with one attached hydrogen (secondary N) is 1. The van der Waals surface area contributed by atoms with Gasteiger partial charge in [0.15, 0.2) is 5.78 Å². The molecule has 1 aliphatic rings. The second-order valence-corrected chi connectivity index (χ2v) is 6.81. The van der Waals surface area contributed by atoms with Crippen LogP contribution >= 0.6 is 0 Å². The Bertz CT molecular complexity index is 1090. The lowest BCUT2D eigenvalue weighted by molar-refractivity contribution is 0.103. The standard InChI is InChI=1S/C25H20FNO2/c1-17-16-29-22-10-6-5-9-21(22)25(28)23(17)24(19-11-13-20(26)14-12-19)27-15-18-7-3-2-4-8-18/h2-14,27H,1,15-16H2/b24-23+. The topological polar surface area (TPSA) is 38.3 Å². The Kier molecular flexibility index (Phi) is 5.25. The van der Waals surface area contributed by atoms with Crippen LogP contribution in [0.25, 0.3) is 5.70 Å². The summed E-state index contributed by atoms with van der Waals surface area (Å²) in [6.07, 6.45) is 0. The van der Waals surface area contributed by atoms with Gasteiger partial charge in [-0.1, -0.05) is 49.0 Å². The van der Waals surface area contributed by atoms with E-state index in [0.717, 1.165) is 5.56 Å². The van der Waals surface area contributed by atoms with Crippen LogP contribution in [-0.4, -0.2) is 12.4 Å². The number of hydrogen-bond acceptors (Lipinski definition) is 3. The third-order valence-electron chi connectivity index (χ3n) is 4.81. The van der Waals surface area contributed by atoms with Gasteiger partial charge in [0, 0.05) is 6.54 Å². The number of ketones is 1. The Labute approximate surface area is 169 Å². The number of ether oxygens (including phenoxy) is 1. The van der Waals surface area contributed by atoms with Crippen LogP contribution in [0.3, 0.4) is 0 Å². The Morgan fingerprint density at radius 3 is 2.41 bits per heavy atom. The van der Waals surface area contributed by atoms with E-state index in [4.69, 9.17) is 4.74 Å². The van der Waals surface area contributed by atoms with Crippen molar-refractivity contribution in [1.29, 1.82) is 0 Å². The number of fused-ring (bicyclic) bond motifs is 1. The smallest absolute Gasteiger partial charge is 0.199 e. The van der Waals surface area contributed by atoms with Crippen LogP contribution in [0.1, 0.15) is 21.5 Å². The highest BCUT2D eigenvalue weighted by Gasteiger charge is 2.27. The first-order valence-electron chi connectivity index (χ1n) is 9.36. The van der Waals surface area contributed by atoms with Crippen molar-refractivity contribution >= 4 is 11.5 Å². The van der Waals surface area contributed by atoms with Gasteiger partial charge in [-0.2, -0.15) is 0 Å². The molecule has 0 saturated heterocycles. The summed E-state index contributed by atoms with van der Waals surface area (Å²) in [4.78, 5) is 13.4. The highest BCUT2D eigenvalue weighted by Crippen LogP contribution is 2.32. The zero-order chi connectivity index (χ0) is 20.2. The average Bonchev–Trinajstić information content (AvgIpc) is 2.88. The minimum Gasteiger partial charge on any atom is -0.488 e. The molecular weight excluding hydrogens is 365 g/mol. The zero-order valence-corrected chi connectivity index (χ0v) is 15.8. The summed E-state index contributed by atoms with van der Waals surface area (Å²) in [5.74, 6) is 0.0407. The van der Waals surface area contributed by atoms with Crippen LogP contribution < -0.4 is 10.1 Å². The van der Waals surface area contributed by atoms with Gasteiger partial charge in [-0.05, 0) is 53.1 Å². The van der Waals surface area contributed by atoms with E-state index < -0.39 is 0 Å². The molecule has 1 N–H and O–H groups in total. The molecule has 3 aromatic rings. The maximum absolute atomic E-state index is 13.5. The summed E-state index contributed by atoms with van der Waals surface area (Å²) >= 11 is 0. The van der Waals surface area contributed by atoms with Crippen molar-refractivity contribution in [3.05, 3.63) is 119 Å². The lowest BCUT2D eigenvalue weighted by Gasteiger charge is -2.17. The largest absolute Gasteiger partial charge is 0.488 e. The first-order chi connectivity index (χ1) is 14.1. The highest BCUT2D eigenvalue weighted by molar-refractivity contribution is 6.17. The number of Topliss-reactive ketones (excluding diaryl/α,β-unsaturated/α-hetero) is 1. The normalized spacial score (nSPS) is 15.2. The molecule has 0 amide bonds. The molecule has 3 nitrogen and oxygen atoms in total. The van der Waals surface area contributed by atoms with Crippen molar-refractivity contribution in [3.8, 4) is 5.75 Å². The number of carbonyl (C=O) groups excluding carboxylic acids is 1. The van der Waals surface area contributed by atoms with Crippen molar-refractivity contribution in [2.45, 2.75) is 6.54 Å². The molecule has 0 saturated carbocycles. The SMILES string of the molecule is C=C1COc2ccccc2C(=O)/C1=C(/NCc1ccccc1)c1ccc(F)cc1. The molecule has 29 heavy (non-hydrogen) atoms. The van der Waals surface area contributed by atoms with E-state index in [1.165, 1.54) is 12.1 Å². The molecule has 4 heteroatoms. The Morgan fingerprint density at radius 2 is 1.66 bits per heavy atom. The Balaban J connectivity index is 1.83. The van der Waals surface area contributed by atoms with Gasteiger partial charge in [0.2, 0.25) is 0 Å². The fourth-order valence-electron chi connectivity index (χ4n) is 3.34. The van der Waals surface area contributed by atoms with E-state index in [2.05, 4.69) is 11.9 Å². The second kappa shape index (κ2) is 8.15. The van der Waals surface area contributed by atoms with Gasteiger partial charge in [0.05, 0.1) is 16.8 Å². The third kappa shape index (κ3) is 3.97. The minimum atomic E-state index is -0.333. The van der Waals surface area contributed by atoms with Crippen LogP contribution in [0.4, 0.5) is 4.39 Å². The molecule has 0 unspecified atom stereocenters. The van der Waals surface area contributed by atoms with E-state index in [1.54, 1.807) is 30.3 Å². The van der Waals surface area contributed by atoms with E-state index in [1.807, 2.05) is 36.4 Å². The van der Waals surface area contributed by atoms with E-state index in [0.29, 0.717) is 40.3 Å². The predicted octanol–water partition coefficient (Wildman–Crippen LogP) is 5.16. The summed E-state index contributed by atoms with van der Waals surface area (Å²) in [5, 5.41) is 3.38. The highest BCUT2D eigenvalue weighted by atomic mass is 19.1. The maximum Gasteiger partial charge on any atom is 0.199 e. The second-order valence-electron chi connectivity index (χ2n) is 6.81. The Hall–Kier alpha value is -3.66. The summed E-state index contributed by atoms with van der Waals surface area (Å²) in [7, 11) is 0. The van der Waals surface area contributed by atoms with Crippen molar-refractivity contribution in [3.63, 3.8) is 0 Å². The lowest BCUT2D eigenvalue weighted by Crippen LogP contribution is -2.19. The van der Waals surface area contributed by atoms with Gasteiger partial charge in [-0.25, -0.2) is 4.39 Å². The summed E-state index contributed by atoms with van der Waals surface area (Å²) in [5.41, 5.74) is 3.91. The van der Waals surface area contributed by atoms with Gasteiger partial charge in [-0.3, -0.25) is 4.79 Å². The number of benzene rings is 3. The molecule has 1 aliphatic heterocycles. The molecule has 0 fully saturated rings. The predicted molar refractivity (Wildman–Crippen MR) is 112 cm³/mol. The van der Waals surface area contributed by atoms with Gasteiger partial charge in [-0.15, -0.1) is 0 Å². The van der Waals surface area contributed by atoms with Crippen LogP contribution in [-0.2, 0) is 6.54 Å². The van der Waals surface area contributed by atoms with Gasteiger partial charge in [0.1, 0.15) is 18.2 Å². The van der Waals surface area contributed by atoms with Crippen LogP contribution in [0, 0.1) is 5.82 Å². The summed E-state index contributed by atoms with van der Waals surface area (Å²) in [6, 6.07) is 23.1. The van der Waals surface area contributed by atoms with E-state index in [-0.39, 0.29) is 18.2 Å². The number of para-hydroxylation sites is 1. The summed E-state index contributed by atoms with van der Waals surface area (Å²) in [6.45, 7) is 4.81. The summed E-state index contributed by atoms with van der Waals surface area (Å²) < 4.78 is 19.3. The van der Waals surface area contributed by atoms with Crippen LogP contribution in [0.5, 0.6) is 5.75 Å². The zero-order valence-electron chi connectivity index (χ0n) is 15.8. The number of hydrogen-bond donors (Lipinski definition) is 1. The van der Waals surface area contributed by atoms with Crippen molar-refractivity contribution in [2.75, 3.05) is 6.61 Å². The molecule has 0 aliphatic carbocycles. The van der Waals surface area contributed by atoms with Crippen molar-refractivity contribution < 1.29 is 13.9 Å². The average molecular weight is 385 g/mol. The lowest BCUT2D eigenvalue weighted by atomic mass is 9.93. The van der Waals surface area contributed by atoms with Gasteiger partial charge >= 0.3 is 0 Å². The number of rotatable bonds is 4. The molecule has 0 bridgehead atoms. The third-order valence-corrected chi connectivity index (χ3v) is 4.81. The maximum atomic E-state index is 13.5. The molecular formula is C25H20FNO2. The van der Waals surface area contributed by atoms with Crippen LogP contribution in [0.15, 0.2) is 96.6 Å². The fraction of sp³-hybridized carbons (Fsp3) is 0.0800. The van der Waals surface area contributed by atoms with Crippen molar-refractivity contribution in [1.82, 2.24) is 5.32 Å². The van der Waals surface area contributed by atoms with Gasteiger partial charge in [0.25, 0.3) is 0 Å². The fourth-order valence-corrected chi connectivity index (χ4v) is 3.34. The molecule has 0 atom stereocenters. The molecule has 0 spiro atoms. The monoisotopic (exact) mass is 385 g/mol. The number of halogens is 1. The van der Waals surface area contributed by atoms with E-state index >= 15 is 0 Å². The minimum absolute atomic E-state index is 0.164. The molecule has 0 radical (unpaired) electrons. The molecule has 3 aromatic carbocycles.